The van der Waals surface area contributed by atoms with Crippen LogP contribution < -0.4 is 5.32 Å². The quantitative estimate of drug-likeness (QED) is 0.922. The van der Waals surface area contributed by atoms with Gasteiger partial charge in [-0.05, 0) is 23.6 Å². The Morgan fingerprint density at radius 1 is 1.18 bits per heavy atom. The number of hydrogen-bond acceptors (Lipinski definition) is 3. The van der Waals surface area contributed by atoms with Gasteiger partial charge < -0.3 is 10.2 Å². The molecule has 1 saturated heterocycles. The van der Waals surface area contributed by atoms with Crippen molar-refractivity contribution in [2.45, 2.75) is 32.7 Å². The number of nitrogens with zero attached hydrogens (tertiary/aromatic N) is 2. The van der Waals surface area contributed by atoms with Crippen LogP contribution in [0.5, 0.6) is 0 Å². The van der Waals surface area contributed by atoms with Crippen LogP contribution in [0.2, 0.25) is 0 Å². The summed E-state index contributed by atoms with van der Waals surface area (Å²) in [6, 6.07) is 8.74. The van der Waals surface area contributed by atoms with Crippen molar-refractivity contribution in [1.82, 2.24) is 15.1 Å². The van der Waals surface area contributed by atoms with Crippen molar-refractivity contribution in [2.75, 3.05) is 39.8 Å². The van der Waals surface area contributed by atoms with E-state index in [0.717, 1.165) is 32.7 Å². The third-order valence-corrected chi connectivity index (χ3v) is 4.15. The Hall–Kier alpha value is -1.39. The minimum Gasteiger partial charge on any atom is -0.339 e. The van der Waals surface area contributed by atoms with Crippen LogP contribution in [0.15, 0.2) is 24.3 Å². The molecule has 0 aliphatic carbocycles. The Bertz CT molecular complexity index is 484. The molecular formula is C18H29N3O. The van der Waals surface area contributed by atoms with Gasteiger partial charge in [-0.1, -0.05) is 45.0 Å². The molecule has 22 heavy (non-hydrogen) atoms. The lowest BCUT2D eigenvalue weighted by Gasteiger charge is -2.29. The maximum atomic E-state index is 12.2. The predicted octanol–water partition coefficient (Wildman–Crippen LogP) is 1.85. The Balaban J connectivity index is 1.86. The van der Waals surface area contributed by atoms with E-state index in [2.05, 4.69) is 55.3 Å². The Kier molecular flexibility index (Phi) is 5.59. The summed E-state index contributed by atoms with van der Waals surface area (Å²) in [5.74, 6) is 0.232. The summed E-state index contributed by atoms with van der Waals surface area (Å²) in [6.45, 7) is 11.4. The Labute approximate surface area is 134 Å². The monoisotopic (exact) mass is 303 g/mol. The summed E-state index contributed by atoms with van der Waals surface area (Å²) < 4.78 is 0. The number of benzene rings is 1. The first kappa shape index (κ1) is 17.0. The molecule has 1 aromatic rings. The van der Waals surface area contributed by atoms with Crippen LogP contribution in [-0.2, 0) is 16.8 Å². The molecule has 1 aromatic carbocycles. The topological polar surface area (TPSA) is 35.6 Å². The first-order chi connectivity index (χ1) is 10.4. The molecule has 1 amide bonds. The number of rotatable bonds is 4. The fraction of sp³-hybridized carbons (Fsp3) is 0.611. The largest absolute Gasteiger partial charge is 0.339 e. The molecule has 4 nitrogen and oxygen atoms in total. The molecule has 0 atom stereocenters. The van der Waals surface area contributed by atoms with E-state index in [0.29, 0.717) is 6.54 Å². The average Bonchev–Trinajstić information content (AvgIpc) is 2.47. The first-order valence-corrected chi connectivity index (χ1v) is 8.13. The highest BCUT2D eigenvalue weighted by Gasteiger charge is 2.18. The van der Waals surface area contributed by atoms with Crippen molar-refractivity contribution < 1.29 is 4.79 Å². The van der Waals surface area contributed by atoms with Gasteiger partial charge in [-0.3, -0.25) is 9.69 Å². The van der Waals surface area contributed by atoms with E-state index in [1.807, 2.05) is 11.9 Å². The zero-order chi connectivity index (χ0) is 16.2. The number of carbonyl (C=O) groups is 1. The minimum absolute atomic E-state index is 0.183. The lowest BCUT2D eigenvalue weighted by Crippen LogP contribution is -2.49. The number of carbonyl (C=O) groups excluding carboxylic acids is 1. The van der Waals surface area contributed by atoms with Crippen LogP contribution in [0.3, 0.4) is 0 Å². The van der Waals surface area contributed by atoms with Crippen molar-refractivity contribution in [1.29, 1.82) is 0 Å². The van der Waals surface area contributed by atoms with E-state index < -0.39 is 0 Å². The molecule has 2 rings (SSSR count). The third-order valence-electron chi connectivity index (χ3n) is 4.15. The predicted molar refractivity (Wildman–Crippen MR) is 90.9 cm³/mol. The van der Waals surface area contributed by atoms with Gasteiger partial charge in [0.2, 0.25) is 5.91 Å². The molecule has 122 valence electrons. The zero-order valence-electron chi connectivity index (χ0n) is 14.4. The lowest BCUT2D eigenvalue weighted by atomic mass is 9.87. The molecule has 1 heterocycles. The average molecular weight is 303 g/mol. The van der Waals surface area contributed by atoms with E-state index in [9.17, 15) is 4.79 Å². The van der Waals surface area contributed by atoms with Gasteiger partial charge in [-0.2, -0.15) is 0 Å². The summed E-state index contributed by atoms with van der Waals surface area (Å²) in [5, 5.41) is 3.27. The smallest absolute Gasteiger partial charge is 0.236 e. The standard InChI is InChI=1S/C18H29N3O/c1-18(2,3)16-7-5-15(6-8-16)13-20(4)14-17(22)21-11-9-19-10-12-21/h5-8,19H,9-14H2,1-4H3. The van der Waals surface area contributed by atoms with E-state index in [1.54, 1.807) is 0 Å². The highest BCUT2D eigenvalue weighted by molar-refractivity contribution is 5.78. The summed E-state index contributed by atoms with van der Waals surface area (Å²) >= 11 is 0. The molecule has 1 aliphatic heterocycles. The first-order valence-electron chi connectivity index (χ1n) is 8.13. The molecule has 0 bridgehead atoms. The summed E-state index contributed by atoms with van der Waals surface area (Å²) in [7, 11) is 2.01. The van der Waals surface area contributed by atoms with Crippen LogP contribution >= 0.6 is 0 Å². The van der Waals surface area contributed by atoms with E-state index in [1.165, 1.54) is 11.1 Å². The second kappa shape index (κ2) is 7.25. The van der Waals surface area contributed by atoms with E-state index in [4.69, 9.17) is 0 Å². The molecular weight excluding hydrogens is 274 g/mol. The highest BCUT2D eigenvalue weighted by Crippen LogP contribution is 2.22. The molecule has 1 fully saturated rings. The normalized spacial score (nSPS) is 16.1. The van der Waals surface area contributed by atoms with Crippen LogP contribution in [0.1, 0.15) is 31.9 Å². The van der Waals surface area contributed by atoms with Crippen molar-refractivity contribution in [3.8, 4) is 0 Å². The van der Waals surface area contributed by atoms with E-state index in [-0.39, 0.29) is 11.3 Å². The lowest BCUT2D eigenvalue weighted by molar-refractivity contribution is -0.132. The third kappa shape index (κ3) is 4.82. The molecule has 4 heteroatoms. The number of likely N-dealkylation sites (N-methyl/N-ethyl adjacent to an activating group) is 1. The number of piperazine rings is 1. The van der Waals surface area contributed by atoms with Gasteiger partial charge in [0.25, 0.3) is 0 Å². The van der Waals surface area contributed by atoms with Gasteiger partial charge in [0.05, 0.1) is 6.54 Å². The molecule has 0 aromatic heterocycles. The van der Waals surface area contributed by atoms with Crippen molar-refractivity contribution >= 4 is 5.91 Å². The van der Waals surface area contributed by atoms with Gasteiger partial charge in [0.1, 0.15) is 0 Å². The molecule has 0 unspecified atom stereocenters. The molecule has 0 radical (unpaired) electrons. The fourth-order valence-corrected chi connectivity index (χ4v) is 2.72. The SMILES string of the molecule is CN(CC(=O)N1CCNCC1)Cc1ccc(C(C)(C)C)cc1. The van der Waals surface area contributed by atoms with Gasteiger partial charge in [0, 0.05) is 32.7 Å². The second-order valence-electron chi connectivity index (χ2n) is 7.25. The fourth-order valence-electron chi connectivity index (χ4n) is 2.72. The van der Waals surface area contributed by atoms with Crippen molar-refractivity contribution in [3.63, 3.8) is 0 Å². The van der Waals surface area contributed by atoms with Crippen LogP contribution in [-0.4, -0.2) is 55.5 Å². The molecule has 0 saturated carbocycles. The van der Waals surface area contributed by atoms with Gasteiger partial charge in [0.15, 0.2) is 0 Å². The molecule has 1 N–H and O–H groups in total. The maximum Gasteiger partial charge on any atom is 0.236 e. The molecule has 1 aliphatic rings. The van der Waals surface area contributed by atoms with Crippen molar-refractivity contribution in [3.05, 3.63) is 35.4 Å². The van der Waals surface area contributed by atoms with Crippen LogP contribution in [0.25, 0.3) is 0 Å². The van der Waals surface area contributed by atoms with Crippen LogP contribution in [0, 0.1) is 0 Å². The summed E-state index contributed by atoms with van der Waals surface area (Å²) in [6.07, 6.45) is 0. The maximum absolute atomic E-state index is 12.2. The van der Waals surface area contributed by atoms with Gasteiger partial charge >= 0.3 is 0 Å². The van der Waals surface area contributed by atoms with Gasteiger partial charge in [-0.15, -0.1) is 0 Å². The van der Waals surface area contributed by atoms with Gasteiger partial charge in [-0.25, -0.2) is 0 Å². The Morgan fingerprint density at radius 3 is 2.32 bits per heavy atom. The highest BCUT2D eigenvalue weighted by atomic mass is 16.2. The summed E-state index contributed by atoms with van der Waals surface area (Å²) in [4.78, 5) is 16.3. The van der Waals surface area contributed by atoms with Crippen LogP contribution in [0.4, 0.5) is 0 Å². The Morgan fingerprint density at radius 2 is 1.77 bits per heavy atom. The minimum atomic E-state index is 0.183. The number of hydrogen-bond donors (Lipinski definition) is 1. The number of nitrogens with one attached hydrogen (secondary N) is 1. The van der Waals surface area contributed by atoms with E-state index >= 15 is 0 Å². The number of amides is 1. The zero-order valence-corrected chi connectivity index (χ0v) is 14.4. The molecule has 0 spiro atoms. The van der Waals surface area contributed by atoms with Crippen molar-refractivity contribution in [2.24, 2.45) is 0 Å². The second-order valence-corrected chi connectivity index (χ2v) is 7.25. The summed E-state index contributed by atoms with van der Waals surface area (Å²) in [5.41, 5.74) is 2.78.